The number of benzene rings is 2. The molecule has 0 radical (unpaired) electrons. The van der Waals surface area contributed by atoms with Crippen LogP contribution in [-0.4, -0.2) is 54.1 Å². The van der Waals surface area contributed by atoms with E-state index in [4.69, 9.17) is 16.3 Å². The Kier molecular flexibility index (Phi) is 9.58. The van der Waals surface area contributed by atoms with Crippen LogP contribution in [-0.2, 0) is 4.79 Å². The summed E-state index contributed by atoms with van der Waals surface area (Å²) in [5.41, 5.74) is 6.18. The lowest BCUT2D eigenvalue weighted by molar-refractivity contribution is -0.123. The lowest BCUT2D eigenvalue weighted by Gasteiger charge is -2.16. The second-order valence-electron chi connectivity index (χ2n) is 9.50. The lowest BCUT2D eigenvalue weighted by Crippen LogP contribution is -2.29. The maximum atomic E-state index is 11.7. The summed E-state index contributed by atoms with van der Waals surface area (Å²) >= 11 is 6.94. The number of nitrogens with one attached hydrogen (secondary N) is 2. The third-order valence-corrected chi connectivity index (χ3v) is 6.87. The van der Waals surface area contributed by atoms with Crippen LogP contribution >= 0.6 is 11.6 Å². The van der Waals surface area contributed by atoms with Gasteiger partial charge in [0.15, 0.2) is 0 Å². The number of pyridine rings is 1. The molecule has 0 spiro atoms. The van der Waals surface area contributed by atoms with E-state index in [1.807, 2.05) is 61.7 Å². The molecule has 0 aliphatic carbocycles. The highest BCUT2D eigenvalue weighted by atomic mass is 35.5. The van der Waals surface area contributed by atoms with Crippen molar-refractivity contribution in [1.29, 1.82) is 0 Å². The highest BCUT2D eigenvalue weighted by molar-refractivity contribution is 6.38. The third-order valence-electron chi connectivity index (χ3n) is 6.48. The molecular formula is C32H35ClN4O2. The van der Waals surface area contributed by atoms with Crippen molar-refractivity contribution in [2.45, 2.75) is 26.3 Å². The monoisotopic (exact) mass is 542 g/mol. The van der Waals surface area contributed by atoms with Gasteiger partial charge in [-0.2, -0.15) is 0 Å². The van der Waals surface area contributed by atoms with Crippen LogP contribution in [0.1, 0.15) is 37.1 Å². The summed E-state index contributed by atoms with van der Waals surface area (Å²) < 4.78 is 5.88. The number of hydrogen-bond donors (Lipinski definition) is 2. The molecule has 7 heteroatoms. The zero-order chi connectivity index (χ0) is 27.8. The van der Waals surface area contributed by atoms with Gasteiger partial charge in [0.1, 0.15) is 6.61 Å². The number of halogens is 1. The number of aromatic amines is 1. The van der Waals surface area contributed by atoms with Crippen LogP contribution in [0.2, 0.25) is 5.02 Å². The first-order valence-electron chi connectivity index (χ1n) is 13.2. The number of allylic oxidation sites excluding steroid dienone is 1. The van der Waals surface area contributed by atoms with E-state index in [1.165, 1.54) is 10.5 Å². The summed E-state index contributed by atoms with van der Waals surface area (Å²) in [6.07, 6.45) is 6.08. The molecule has 1 amide bonds. The summed E-state index contributed by atoms with van der Waals surface area (Å²) in [6.45, 7) is 5.22. The van der Waals surface area contributed by atoms with Gasteiger partial charge >= 0.3 is 0 Å². The predicted octanol–water partition coefficient (Wildman–Crippen LogP) is 6.59. The molecule has 0 bridgehead atoms. The van der Waals surface area contributed by atoms with Gasteiger partial charge in [-0.15, -0.1) is 0 Å². The fraction of sp³-hybridized carbons (Fsp3) is 0.250. The Morgan fingerprint density at radius 2 is 1.82 bits per heavy atom. The molecule has 0 aliphatic heterocycles. The number of carbonyl (C=O) groups is 1. The van der Waals surface area contributed by atoms with Crippen molar-refractivity contribution in [3.05, 3.63) is 107 Å². The average molecular weight is 543 g/mol. The van der Waals surface area contributed by atoms with E-state index in [9.17, 15) is 4.79 Å². The highest BCUT2D eigenvalue weighted by Crippen LogP contribution is 2.40. The average Bonchev–Trinajstić information content (AvgIpc) is 3.29. The van der Waals surface area contributed by atoms with Crippen molar-refractivity contribution < 1.29 is 9.53 Å². The number of ether oxygens (including phenoxy) is 1. The van der Waals surface area contributed by atoms with E-state index in [1.54, 1.807) is 20.2 Å². The molecule has 6 nitrogen and oxygen atoms in total. The molecule has 202 valence electrons. The number of nitrogens with zero attached hydrogens (tertiary/aromatic N) is 2. The first-order valence-corrected chi connectivity index (χ1v) is 13.5. The SMILES string of the molecule is CC/C(=C(/c1ccc(OCCN[C@H](C)/C=C/C(=O)N(C)C)nc1)c1[nH]c2ccccc2c1Cl)c1ccccc1. The first-order chi connectivity index (χ1) is 18.9. The molecule has 4 aromatic rings. The Hall–Kier alpha value is -3.87. The molecule has 2 aromatic heterocycles. The molecule has 2 N–H and O–H groups in total. The van der Waals surface area contributed by atoms with Gasteiger partial charge < -0.3 is 19.9 Å². The Balaban J connectivity index is 1.55. The number of fused-ring (bicyclic) bond motifs is 1. The van der Waals surface area contributed by atoms with Gasteiger partial charge in [-0.3, -0.25) is 4.79 Å². The minimum absolute atomic E-state index is 0.0372. The Labute approximate surface area is 235 Å². The zero-order valence-electron chi connectivity index (χ0n) is 22.9. The summed E-state index contributed by atoms with van der Waals surface area (Å²) in [5, 5.41) is 5.01. The number of H-pyrrole nitrogens is 1. The summed E-state index contributed by atoms with van der Waals surface area (Å²) in [5.74, 6) is 0.510. The first kappa shape index (κ1) is 28.1. The molecule has 1 atom stereocenters. The highest BCUT2D eigenvalue weighted by Gasteiger charge is 2.20. The molecule has 0 saturated heterocycles. The largest absolute Gasteiger partial charge is 0.476 e. The van der Waals surface area contributed by atoms with Crippen LogP contribution in [0.15, 0.2) is 85.1 Å². The van der Waals surface area contributed by atoms with Crippen LogP contribution in [0.3, 0.4) is 0 Å². The van der Waals surface area contributed by atoms with Gasteiger partial charge in [-0.1, -0.05) is 73.1 Å². The normalized spacial score (nSPS) is 12.9. The Morgan fingerprint density at radius 1 is 1.08 bits per heavy atom. The van der Waals surface area contributed by atoms with Crippen LogP contribution in [0.5, 0.6) is 5.88 Å². The van der Waals surface area contributed by atoms with Gasteiger partial charge in [0.25, 0.3) is 0 Å². The van der Waals surface area contributed by atoms with E-state index < -0.39 is 0 Å². The van der Waals surface area contributed by atoms with Crippen molar-refractivity contribution in [3.8, 4) is 5.88 Å². The van der Waals surface area contributed by atoms with Gasteiger partial charge in [0.05, 0.1) is 10.7 Å². The van der Waals surface area contributed by atoms with Gasteiger partial charge in [0, 0.05) is 67.1 Å². The number of amides is 1. The van der Waals surface area contributed by atoms with Gasteiger partial charge in [-0.05, 0) is 36.6 Å². The molecule has 4 rings (SSSR count). The molecule has 0 saturated carbocycles. The van der Waals surface area contributed by atoms with E-state index >= 15 is 0 Å². The number of aromatic nitrogens is 2. The third kappa shape index (κ3) is 6.96. The standard InChI is InChI=1S/C32H35ClN4O2/c1-5-25(23-11-7-6-8-12-23)30(32-31(33)26-13-9-10-14-27(26)36-32)24-16-17-28(35-21-24)39-20-19-34-22(2)15-18-29(38)37(3)4/h6-18,21-22,34,36H,5,19-20H2,1-4H3/b18-15+,30-25+/t22-/m1/s1. The van der Waals surface area contributed by atoms with Crippen LogP contribution in [0.25, 0.3) is 22.0 Å². The van der Waals surface area contributed by atoms with E-state index in [0.29, 0.717) is 24.1 Å². The molecule has 2 heterocycles. The van der Waals surface area contributed by atoms with Crippen LogP contribution < -0.4 is 10.1 Å². The second-order valence-corrected chi connectivity index (χ2v) is 9.88. The number of rotatable bonds is 11. The summed E-state index contributed by atoms with van der Waals surface area (Å²) in [7, 11) is 3.46. The predicted molar refractivity (Wildman–Crippen MR) is 161 cm³/mol. The molecule has 0 fully saturated rings. The van der Waals surface area contributed by atoms with E-state index in [-0.39, 0.29) is 11.9 Å². The zero-order valence-corrected chi connectivity index (χ0v) is 23.6. The number of para-hydroxylation sites is 1. The van der Waals surface area contributed by atoms with Crippen molar-refractivity contribution in [2.75, 3.05) is 27.2 Å². The minimum Gasteiger partial charge on any atom is -0.476 e. The van der Waals surface area contributed by atoms with Gasteiger partial charge in [0.2, 0.25) is 11.8 Å². The maximum absolute atomic E-state index is 11.7. The molecule has 0 aliphatic rings. The molecule has 39 heavy (non-hydrogen) atoms. The summed E-state index contributed by atoms with van der Waals surface area (Å²) in [6, 6.07) is 22.4. The van der Waals surface area contributed by atoms with Crippen LogP contribution in [0.4, 0.5) is 0 Å². The second kappa shape index (κ2) is 13.3. The van der Waals surface area contributed by atoms with Crippen molar-refractivity contribution in [2.24, 2.45) is 0 Å². The fourth-order valence-corrected chi connectivity index (χ4v) is 4.72. The van der Waals surface area contributed by atoms with E-state index in [0.717, 1.165) is 39.7 Å². The Bertz CT molecular complexity index is 1460. The number of likely N-dealkylation sites (N-methyl/N-ethyl adjacent to an activating group) is 1. The van der Waals surface area contributed by atoms with Crippen molar-refractivity contribution in [1.82, 2.24) is 20.2 Å². The van der Waals surface area contributed by atoms with Crippen LogP contribution in [0, 0.1) is 0 Å². The molecule has 2 aromatic carbocycles. The van der Waals surface area contributed by atoms with Gasteiger partial charge in [-0.25, -0.2) is 4.98 Å². The molecule has 0 unspecified atom stereocenters. The Morgan fingerprint density at radius 3 is 2.49 bits per heavy atom. The number of hydrogen-bond acceptors (Lipinski definition) is 4. The number of carbonyl (C=O) groups excluding carboxylic acids is 1. The summed E-state index contributed by atoms with van der Waals surface area (Å²) in [4.78, 5) is 21.4. The molecular weight excluding hydrogens is 508 g/mol. The van der Waals surface area contributed by atoms with Crippen molar-refractivity contribution >= 4 is 39.6 Å². The van der Waals surface area contributed by atoms with Crippen molar-refractivity contribution in [3.63, 3.8) is 0 Å². The topological polar surface area (TPSA) is 70.2 Å². The maximum Gasteiger partial charge on any atom is 0.245 e. The van der Waals surface area contributed by atoms with E-state index in [2.05, 4.69) is 46.5 Å². The smallest absolute Gasteiger partial charge is 0.245 e. The quantitative estimate of drug-likeness (QED) is 0.166. The lowest BCUT2D eigenvalue weighted by atomic mass is 9.91. The minimum atomic E-state index is -0.0372. The fourth-order valence-electron chi connectivity index (χ4n) is 4.41.